The van der Waals surface area contributed by atoms with Crippen molar-refractivity contribution in [3.05, 3.63) is 42.0 Å². The van der Waals surface area contributed by atoms with Crippen LogP contribution >= 0.6 is 0 Å². The lowest BCUT2D eigenvalue weighted by Crippen LogP contribution is -2.44. The zero-order valence-corrected chi connectivity index (χ0v) is 16.2. The number of carbonyl (C=O) groups is 2. The van der Waals surface area contributed by atoms with E-state index in [4.69, 9.17) is 18.9 Å². The topological polar surface area (TPSA) is 95.1 Å². The van der Waals surface area contributed by atoms with Crippen molar-refractivity contribution in [2.75, 3.05) is 25.3 Å². The van der Waals surface area contributed by atoms with Gasteiger partial charge in [0.1, 0.15) is 18.6 Å². The molecule has 4 rings (SSSR count). The Bertz CT molecular complexity index is 956. The Kier molecular flexibility index (Phi) is 4.92. The highest BCUT2D eigenvalue weighted by Gasteiger charge is 2.36. The van der Waals surface area contributed by atoms with Crippen LogP contribution in [0.1, 0.15) is 19.4 Å². The van der Waals surface area contributed by atoms with E-state index in [0.717, 1.165) is 5.56 Å². The van der Waals surface area contributed by atoms with Crippen molar-refractivity contribution in [2.45, 2.75) is 20.4 Å². The van der Waals surface area contributed by atoms with Gasteiger partial charge in [-0.25, -0.2) is 0 Å². The summed E-state index contributed by atoms with van der Waals surface area (Å²) in [5.41, 5.74) is 0.116. The number of anilines is 1. The predicted molar refractivity (Wildman–Crippen MR) is 104 cm³/mol. The van der Waals surface area contributed by atoms with Crippen molar-refractivity contribution in [3.8, 4) is 23.0 Å². The second-order valence-corrected chi connectivity index (χ2v) is 7.31. The van der Waals surface area contributed by atoms with Crippen molar-refractivity contribution < 1.29 is 28.5 Å². The first-order chi connectivity index (χ1) is 13.9. The summed E-state index contributed by atoms with van der Waals surface area (Å²) in [5.74, 6) is 1.73. The van der Waals surface area contributed by atoms with E-state index >= 15 is 0 Å². The summed E-state index contributed by atoms with van der Waals surface area (Å²) in [7, 11) is 0. The monoisotopic (exact) mass is 398 g/mol. The number of benzene rings is 2. The number of ether oxygens (including phenoxy) is 4. The first-order valence-electron chi connectivity index (χ1n) is 9.31. The molecule has 2 aromatic rings. The fraction of sp³-hybridized carbons (Fsp3) is 0.333. The van der Waals surface area contributed by atoms with Gasteiger partial charge in [0.05, 0.1) is 0 Å². The summed E-state index contributed by atoms with van der Waals surface area (Å²) < 4.78 is 21.6. The molecule has 0 spiro atoms. The van der Waals surface area contributed by atoms with E-state index in [-0.39, 0.29) is 19.2 Å². The molecule has 2 aliphatic heterocycles. The molecule has 0 saturated carbocycles. The molecule has 29 heavy (non-hydrogen) atoms. The van der Waals surface area contributed by atoms with Gasteiger partial charge in [-0.05, 0) is 43.7 Å². The molecule has 0 bridgehead atoms. The van der Waals surface area contributed by atoms with Gasteiger partial charge in [0, 0.05) is 18.3 Å². The van der Waals surface area contributed by atoms with Crippen molar-refractivity contribution in [1.82, 2.24) is 5.32 Å². The van der Waals surface area contributed by atoms with Gasteiger partial charge in [-0.1, -0.05) is 6.07 Å². The molecule has 2 aliphatic rings. The molecule has 0 unspecified atom stereocenters. The zero-order chi connectivity index (χ0) is 20.4. The Labute approximate surface area is 168 Å². The lowest BCUT2D eigenvalue weighted by Gasteiger charge is -2.24. The maximum absolute atomic E-state index is 12.7. The second-order valence-electron chi connectivity index (χ2n) is 7.31. The quantitative estimate of drug-likeness (QED) is 0.752. The predicted octanol–water partition coefficient (Wildman–Crippen LogP) is 2.47. The van der Waals surface area contributed by atoms with E-state index in [2.05, 4.69) is 10.6 Å². The molecule has 8 heteroatoms. The van der Waals surface area contributed by atoms with Crippen LogP contribution in [-0.4, -0.2) is 31.8 Å². The van der Waals surface area contributed by atoms with Gasteiger partial charge in [-0.2, -0.15) is 0 Å². The molecule has 0 radical (unpaired) electrons. The highest BCUT2D eigenvalue weighted by Crippen LogP contribution is 2.34. The van der Waals surface area contributed by atoms with E-state index in [1.165, 1.54) is 0 Å². The summed E-state index contributed by atoms with van der Waals surface area (Å²) >= 11 is 0. The van der Waals surface area contributed by atoms with Crippen LogP contribution in [0.4, 0.5) is 5.69 Å². The second kappa shape index (κ2) is 7.54. The Morgan fingerprint density at radius 3 is 2.34 bits per heavy atom. The number of hydrogen-bond acceptors (Lipinski definition) is 6. The summed E-state index contributed by atoms with van der Waals surface area (Å²) in [6.07, 6.45) is 0. The molecule has 2 aromatic carbocycles. The third kappa shape index (κ3) is 3.91. The van der Waals surface area contributed by atoms with Crippen LogP contribution in [0.5, 0.6) is 23.0 Å². The fourth-order valence-corrected chi connectivity index (χ4v) is 2.97. The van der Waals surface area contributed by atoms with E-state index in [9.17, 15) is 9.59 Å². The van der Waals surface area contributed by atoms with Gasteiger partial charge in [0.2, 0.25) is 18.6 Å². The van der Waals surface area contributed by atoms with Crippen LogP contribution in [0.25, 0.3) is 0 Å². The van der Waals surface area contributed by atoms with E-state index < -0.39 is 11.3 Å². The maximum Gasteiger partial charge on any atom is 0.239 e. The van der Waals surface area contributed by atoms with Gasteiger partial charge in [0.15, 0.2) is 23.0 Å². The Hall–Kier alpha value is -3.42. The highest BCUT2D eigenvalue weighted by atomic mass is 16.7. The maximum atomic E-state index is 12.7. The summed E-state index contributed by atoms with van der Waals surface area (Å²) in [5, 5.41) is 5.58. The van der Waals surface area contributed by atoms with Crippen molar-refractivity contribution in [3.63, 3.8) is 0 Å². The molecule has 2 amide bonds. The van der Waals surface area contributed by atoms with E-state index in [1.54, 1.807) is 38.1 Å². The largest absolute Gasteiger partial charge is 0.486 e. The zero-order valence-electron chi connectivity index (χ0n) is 16.2. The molecule has 2 N–H and O–H groups in total. The van der Waals surface area contributed by atoms with Gasteiger partial charge >= 0.3 is 0 Å². The Morgan fingerprint density at radius 2 is 1.52 bits per heavy atom. The fourth-order valence-electron chi connectivity index (χ4n) is 2.97. The smallest absolute Gasteiger partial charge is 0.239 e. The molecule has 0 atom stereocenters. The normalized spacial score (nSPS) is 14.3. The van der Waals surface area contributed by atoms with Gasteiger partial charge in [0.25, 0.3) is 0 Å². The molecule has 2 heterocycles. The van der Waals surface area contributed by atoms with Crippen LogP contribution in [0, 0.1) is 5.41 Å². The van der Waals surface area contributed by atoms with Crippen molar-refractivity contribution >= 4 is 17.5 Å². The SMILES string of the molecule is CC(C)(C(=O)NCc1ccc2c(c1)OCO2)C(=O)Nc1ccc2c(c1)OCCO2. The standard InChI is InChI=1S/C21H22N2O6/c1-21(2,19(24)22-11-13-3-5-16-17(9-13)29-12-28-16)20(25)23-14-4-6-15-18(10-14)27-8-7-26-15/h3-6,9-10H,7-8,11-12H2,1-2H3,(H,22,24)(H,23,25). The number of amides is 2. The summed E-state index contributed by atoms with van der Waals surface area (Å²) in [6.45, 7) is 4.58. The number of fused-ring (bicyclic) bond motifs is 2. The van der Waals surface area contributed by atoms with Crippen LogP contribution < -0.4 is 29.6 Å². The molecule has 0 aliphatic carbocycles. The van der Waals surface area contributed by atoms with E-state index in [1.807, 2.05) is 12.1 Å². The Morgan fingerprint density at radius 1 is 0.862 bits per heavy atom. The molecule has 0 fully saturated rings. The molecule has 8 nitrogen and oxygen atoms in total. The van der Waals surface area contributed by atoms with Crippen molar-refractivity contribution in [2.24, 2.45) is 5.41 Å². The third-order valence-electron chi connectivity index (χ3n) is 4.83. The molecular weight excluding hydrogens is 376 g/mol. The molecule has 0 saturated heterocycles. The van der Waals surface area contributed by atoms with Crippen LogP contribution in [0.15, 0.2) is 36.4 Å². The van der Waals surface area contributed by atoms with Gasteiger partial charge < -0.3 is 29.6 Å². The number of rotatable bonds is 5. The summed E-state index contributed by atoms with van der Waals surface area (Å²) in [6, 6.07) is 10.6. The number of hydrogen-bond donors (Lipinski definition) is 2. The first kappa shape index (κ1) is 18.9. The van der Waals surface area contributed by atoms with Crippen molar-refractivity contribution in [1.29, 1.82) is 0 Å². The van der Waals surface area contributed by atoms with Gasteiger partial charge in [-0.3, -0.25) is 9.59 Å². The van der Waals surface area contributed by atoms with Crippen LogP contribution in [0.2, 0.25) is 0 Å². The number of nitrogens with one attached hydrogen (secondary N) is 2. The minimum absolute atomic E-state index is 0.193. The number of carbonyl (C=O) groups excluding carboxylic acids is 2. The third-order valence-corrected chi connectivity index (χ3v) is 4.83. The van der Waals surface area contributed by atoms with E-state index in [0.29, 0.717) is 41.9 Å². The Balaban J connectivity index is 1.37. The van der Waals surface area contributed by atoms with Gasteiger partial charge in [-0.15, -0.1) is 0 Å². The lowest BCUT2D eigenvalue weighted by molar-refractivity contribution is -0.138. The van der Waals surface area contributed by atoms with Crippen LogP contribution in [-0.2, 0) is 16.1 Å². The van der Waals surface area contributed by atoms with Crippen LogP contribution in [0.3, 0.4) is 0 Å². The molecule has 152 valence electrons. The highest BCUT2D eigenvalue weighted by molar-refractivity contribution is 6.09. The summed E-state index contributed by atoms with van der Waals surface area (Å²) in [4.78, 5) is 25.4. The minimum Gasteiger partial charge on any atom is -0.486 e. The lowest BCUT2D eigenvalue weighted by atomic mass is 9.90. The molecular formula is C21H22N2O6. The average Bonchev–Trinajstić information content (AvgIpc) is 3.19. The molecule has 0 aromatic heterocycles. The first-order valence-corrected chi connectivity index (χ1v) is 9.31. The minimum atomic E-state index is -1.27. The average molecular weight is 398 g/mol.